The Balaban J connectivity index is 2.14. The predicted molar refractivity (Wildman–Crippen MR) is 89.6 cm³/mol. The molecule has 0 bridgehead atoms. The molecule has 1 nitrogen and oxygen atoms in total. The summed E-state index contributed by atoms with van der Waals surface area (Å²) >= 11 is 1.79. The highest BCUT2D eigenvalue weighted by Gasteiger charge is 2.21. The Bertz CT molecular complexity index is 463. The maximum absolute atomic E-state index is 3.76. The molecule has 0 fully saturated rings. The molecular weight excluding hydrogens is 262 g/mol. The lowest BCUT2D eigenvalue weighted by atomic mass is 9.86. The van der Waals surface area contributed by atoms with Crippen LogP contribution in [0.5, 0.6) is 0 Å². The largest absolute Gasteiger partial charge is 0.313 e. The molecule has 1 heterocycles. The van der Waals surface area contributed by atoms with Gasteiger partial charge in [0.05, 0.1) is 0 Å². The summed E-state index contributed by atoms with van der Waals surface area (Å²) in [6, 6.07) is 13.7. The van der Waals surface area contributed by atoms with E-state index in [0.717, 1.165) is 13.0 Å². The van der Waals surface area contributed by atoms with Gasteiger partial charge >= 0.3 is 0 Å². The highest BCUT2D eigenvalue weighted by Crippen LogP contribution is 2.26. The monoisotopic (exact) mass is 287 g/mol. The number of hydrogen-bond donors (Lipinski definition) is 1. The number of nitrogens with one attached hydrogen (secondary N) is 1. The van der Waals surface area contributed by atoms with Crippen molar-refractivity contribution >= 4 is 11.3 Å². The number of benzene rings is 1. The van der Waals surface area contributed by atoms with Crippen LogP contribution in [0.4, 0.5) is 0 Å². The van der Waals surface area contributed by atoms with Gasteiger partial charge in [-0.05, 0) is 59.7 Å². The number of rotatable bonds is 8. The number of hydrogen-bond acceptors (Lipinski definition) is 2. The summed E-state index contributed by atoms with van der Waals surface area (Å²) in [7, 11) is 0. The molecule has 1 aromatic carbocycles. The maximum atomic E-state index is 3.76. The van der Waals surface area contributed by atoms with E-state index in [-0.39, 0.29) is 0 Å². The van der Waals surface area contributed by atoms with Gasteiger partial charge in [-0.3, -0.25) is 0 Å². The van der Waals surface area contributed by atoms with E-state index in [2.05, 4.69) is 66.3 Å². The van der Waals surface area contributed by atoms with E-state index in [1.165, 1.54) is 24.0 Å². The Hall–Kier alpha value is -1.12. The third-order valence-electron chi connectivity index (χ3n) is 3.85. The van der Waals surface area contributed by atoms with Crippen molar-refractivity contribution in [1.29, 1.82) is 0 Å². The van der Waals surface area contributed by atoms with Crippen molar-refractivity contribution in [2.45, 2.75) is 45.1 Å². The van der Waals surface area contributed by atoms with Crippen molar-refractivity contribution in [3.63, 3.8) is 0 Å². The standard InChI is InChI=1S/C18H25NS/c1-3-11-19-18(13-15-10-12-20-14-15)17(4-2)16-8-6-5-7-9-16/h5-10,12,14,17-19H,3-4,11,13H2,1-2H3. The summed E-state index contributed by atoms with van der Waals surface area (Å²) in [5.41, 5.74) is 2.91. The molecule has 0 saturated carbocycles. The minimum Gasteiger partial charge on any atom is -0.313 e. The van der Waals surface area contributed by atoms with Gasteiger partial charge in [-0.15, -0.1) is 0 Å². The van der Waals surface area contributed by atoms with Crippen LogP contribution in [-0.4, -0.2) is 12.6 Å². The second-order valence-electron chi connectivity index (χ2n) is 5.32. The molecular formula is C18H25NS. The molecule has 2 aromatic rings. The zero-order chi connectivity index (χ0) is 14.2. The summed E-state index contributed by atoms with van der Waals surface area (Å²) in [6.07, 6.45) is 3.48. The van der Waals surface area contributed by atoms with E-state index in [4.69, 9.17) is 0 Å². The van der Waals surface area contributed by atoms with Gasteiger partial charge in [0.15, 0.2) is 0 Å². The fourth-order valence-corrected chi connectivity index (χ4v) is 3.48. The Morgan fingerprint density at radius 2 is 1.90 bits per heavy atom. The molecule has 0 aliphatic heterocycles. The van der Waals surface area contributed by atoms with Crippen LogP contribution in [0.25, 0.3) is 0 Å². The third-order valence-corrected chi connectivity index (χ3v) is 4.58. The van der Waals surface area contributed by atoms with Crippen LogP contribution >= 0.6 is 11.3 Å². The van der Waals surface area contributed by atoms with Gasteiger partial charge in [-0.2, -0.15) is 11.3 Å². The molecule has 108 valence electrons. The zero-order valence-electron chi connectivity index (χ0n) is 12.5. The Kier molecular flexibility index (Phi) is 6.28. The van der Waals surface area contributed by atoms with Crippen molar-refractivity contribution in [3.8, 4) is 0 Å². The minimum absolute atomic E-state index is 0.525. The second kappa shape index (κ2) is 8.23. The smallest absolute Gasteiger partial charge is 0.0176 e. The van der Waals surface area contributed by atoms with Gasteiger partial charge in [0, 0.05) is 6.04 Å². The highest BCUT2D eigenvalue weighted by molar-refractivity contribution is 7.07. The average Bonchev–Trinajstić information content (AvgIpc) is 2.99. The zero-order valence-corrected chi connectivity index (χ0v) is 13.3. The first-order chi connectivity index (χ1) is 9.85. The molecule has 1 aromatic heterocycles. The molecule has 20 heavy (non-hydrogen) atoms. The lowest BCUT2D eigenvalue weighted by molar-refractivity contribution is 0.419. The molecule has 1 N–H and O–H groups in total. The Morgan fingerprint density at radius 3 is 2.50 bits per heavy atom. The first-order valence-corrected chi connectivity index (χ1v) is 8.58. The Labute approximate surface area is 127 Å². The van der Waals surface area contributed by atoms with E-state index in [0.29, 0.717) is 12.0 Å². The summed E-state index contributed by atoms with van der Waals surface area (Å²) < 4.78 is 0. The van der Waals surface area contributed by atoms with E-state index in [9.17, 15) is 0 Å². The van der Waals surface area contributed by atoms with Crippen LogP contribution in [0.3, 0.4) is 0 Å². The quantitative estimate of drug-likeness (QED) is 0.731. The normalized spacial score (nSPS) is 14.1. The molecule has 0 saturated heterocycles. The van der Waals surface area contributed by atoms with Crippen molar-refractivity contribution in [2.75, 3.05) is 6.54 Å². The van der Waals surface area contributed by atoms with Gasteiger partial charge < -0.3 is 5.32 Å². The summed E-state index contributed by atoms with van der Waals surface area (Å²) in [5, 5.41) is 8.21. The average molecular weight is 287 g/mol. The molecule has 2 atom stereocenters. The fraction of sp³-hybridized carbons (Fsp3) is 0.444. The first-order valence-electron chi connectivity index (χ1n) is 7.64. The summed E-state index contributed by atoms with van der Waals surface area (Å²) in [5.74, 6) is 0.586. The van der Waals surface area contributed by atoms with Gasteiger partial charge in [0.1, 0.15) is 0 Å². The molecule has 2 unspecified atom stereocenters. The third kappa shape index (κ3) is 4.19. The number of thiophene rings is 1. The van der Waals surface area contributed by atoms with Crippen LogP contribution in [0.2, 0.25) is 0 Å². The van der Waals surface area contributed by atoms with E-state index < -0.39 is 0 Å². The minimum atomic E-state index is 0.525. The predicted octanol–water partition coefficient (Wildman–Crippen LogP) is 4.85. The second-order valence-corrected chi connectivity index (χ2v) is 6.10. The molecule has 2 rings (SSSR count). The SMILES string of the molecule is CCCNC(Cc1ccsc1)C(CC)c1ccccc1. The van der Waals surface area contributed by atoms with Crippen molar-refractivity contribution in [2.24, 2.45) is 0 Å². The van der Waals surface area contributed by atoms with Crippen LogP contribution in [0.1, 0.15) is 43.7 Å². The van der Waals surface area contributed by atoms with Gasteiger partial charge in [0.2, 0.25) is 0 Å². The molecule has 0 aliphatic rings. The topological polar surface area (TPSA) is 12.0 Å². The van der Waals surface area contributed by atoms with Gasteiger partial charge in [-0.1, -0.05) is 44.2 Å². The summed E-state index contributed by atoms with van der Waals surface area (Å²) in [4.78, 5) is 0. The molecule has 2 heteroatoms. The molecule has 0 spiro atoms. The van der Waals surface area contributed by atoms with Crippen LogP contribution in [-0.2, 0) is 6.42 Å². The maximum Gasteiger partial charge on any atom is 0.0176 e. The lowest BCUT2D eigenvalue weighted by Crippen LogP contribution is -2.37. The highest BCUT2D eigenvalue weighted by atomic mass is 32.1. The van der Waals surface area contributed by atoms with Crippen LogP contribution < -0.4 is 5.32 Å². The molecule has 0 amide bonds. The fourth-order valence-electron chi connectivity index (χ4n) is 2.80. The van der Waals surface area contributed by atoms with Crippen molar-refractivity contribution in [3.05, 3.63) is 58.3 Å². The lowest BCUT2D eigenvalue weighted by Gasteiger charge is -2.28. The van der Waals surface area contributed by atoms with Crippen LogP contribution in [0, 0.1) is 0 Å². The summed E-state index contributed by atoms with van der Waals surface area (Å²) in [6.45, 7) is 5.63. The van der Waals surface area contributed by atoms with Gasteiger partial charge in [0.25, 0.3) is 0 Å². The first kappa shape index (κ1) is 15.3. The van der Waals surface area contributed by atoms with Crippen molar-refractivity contribution in [1.82, 2.24) is 5.32 Å². The van der Waals surface area contributed by atoms with Crippen molar-refractivity contribution < 1.29 is 0 Å². The van der Waals surface area contributed by atoms with Crippen LogP contribution in [0.15, 0.2) is 47.2 Å². The Morgan fingerprint density at radius 1 is 1.10 bits per heavy atom. The van der Waals surface area contributed by atoms with E-state index >= 15 is 0 Å². The van der Waals surface area contributed by atoms with E-state index in [1.807, 2.05) is 0 Å². The molecule has 0 aliphatic carbocycles. The molecule has 0 radical (unpaired) electrons. The van der Waals surface area contributed by atoms with Gasteiger partial charge in [-0.25, -0.2) is 0 Å². The van der Waals surface area contributed by atoms with E-state index in [1.54, 1.807) is 11.3 Å².